The zero-order valence-corrected chi connectivity index (χ0v) is 12.1. The van der Waals surface area contributed by atoms with Gasteiger partial charge in [-0.05, 0) is 63.8 Å². The summed E-state index contributed by atoms with van der Waals surface area (Å²) in [5, 5.41) is 0. The van der Waals surface area contributed by atoms with Gasteiger partial charge in [0.1, 0.15) is 0 Å². The van der Waals surface area contributed by atoms with Crippen molar-refractivity contribution in [3.63, 3.8) is 0 Å². The molecule has 0 aromatic heterocycles. The summed E-state index contributed by atoms with van der Waals surface area (Å²) in [4.78, 5) is 2.78. The first-order valence-electron chi connectivity index (χ1n) is 6.91. The molecule has 0 bridgehead atoms. The monoisotopic (exact) mass is 223 g/mol. The number of hydrogen-bond donors (Lipinski definition) is 0. The topological polar surface area (TPSA) is 3.24 Å². The molecular weight excluding hydrogens is 194 g/mol. The summed E-state index contributed by atoms with van der Waals surface area (Å²) in [6.45, 7) is 15.6. The molecule has 0 N–H and O–H groups in total. The Morgan fingerprint density at radius 1 is 1.00 bits per heavy atom. The van der Waals surface area contributed by atoms with Gasteiger partial charge in [0.05, 0.1) is 0 Å². The molecule has 0 radical (unpaired) electrons. The molecule has 1 aliphatic carbocycles. The van der Waals surface area contributed by atoms with Crippen LogP contribution in [0, 0.1) is 10.8 Å². The zero-order valence-electron chi connectivity index (χ0n) is 12.1. The fourth-order valence-corrected chi connectivity index (χ4v) is 3.45. The molecule has 2 fully saturated rings. The molecule has 1 aliphatic heterocycles. The Kier molecular flexibility index (Phi) is 2.70. The van der Waals surface area contributed by atoms with Crippen LogP contribution in [0.1, 0.15) is 67.2 Å². The van der Waals surface area contributed by atoms with Crippen LogP contribution in [0.15, 0.2) is 0 Å². The number of nitrogens with zero attached hydrogens (tertiary/aromatic N) is 1. The minimum atomic E-state index is 0.349. The summed E-state index contributed by atoms with van der Waals surface area (Å²) in [7, 11) is 0. The molecule has 2 rings (SSSR count). The maximum Gasteiger partial charge on any atom is 0.0162 e. The van der Waals surface area contributed by atoms with E-state index in [1.54, 1.807) is 0 Å². The molecule has 16 heavy (non-hydrogen) atoms. The lowest BCUT2D eigenvalue weighted by Crippen LogP contribution is -2.47. The van der Waals surface area contributed by atoms with Crippen molar-refractivity contribution in [2.24, 2.45) is 10.8 Å². The second-order valence-corrected chi connectivity index (χ2v) is 8.26. The highest BCUT2D eigenvalue weighted by Crippen LogP contribution is 2.60. The Morgan fingerprint density at radius 2 is 1.56 bits per heavy atom. The van der Waals surface area contributed by atoms with Gasteiger partial charge in [-0.15, -0.1) is 0 Å². The van der Waals surface area contributed by atoms with Crippen LogP contribution < -0.4 is 0 Å². The average Bonchev–Trinajstić information content (AvgIpc) is 2.70. The first kappa shape index (κ1) is 12.4. The molecule has 0 aromatic rings. The van der Waals surface area contributed by atoms with Gasteiger partial charge in [0.2, 0.25) is 0 Å². The lowest BCUT2D eigenvalue weighted by Gasteiger charge is -2.41. The Morgan fingerprint density at radius 3 is 1.94 bits per heavy atom. The third-order valence-electron chi connectivity index (χ3n) is 4.49. The smallest absolute Gasteiger partial charge is 0.0162 e. The molecule has 1 heteroatoms. The molecule has 1 saturated heterocycles. The highest BCUT2D eigenvalue weighted by Gasteiger charge is 2.57. The van der Waals surface area contributed by atoms with Crippen molar-refractivity contribution < 1.29 is 0 Å². The van der Waals surface area contributed by atoms with Crippen LogP contribution in [-0.2, 0) is 0 Å². The molecule has 0 aromatic carbocycles. The van der Waals surface area contributed by atoms with Gasteiger partial charge in [0.25, 0.3) is 0 Å². The molecule has 2 aliphatic rings. The summed E-state index contributed by atoms with van der Waals surface area (Å²) < 4.78 is 0. The van der Waals surface area contributed by atoms with Gasteiger partial charge in [-0.25, -0.2) is 0 Å². The maximum absolute atomic E-state index is 2.78. The second kappa shape index (κ2) is 3.48. The molecule has 1 atom stereocenters. The van der Waals surface area contributed by atoms with Crippen molar-refractivity contribution in [1.29, 1.82) is 0 Å². The predicted molar refractivity (Wildman–Crippen MR) is 70.6 cm³/mol. The van der Waals surface area contributed by atoms with Crippen LogP contribution in [-0.4, -0.2) is 23.0 Å². The highest BCUT2D eigenvalue weighted by atomic mass is 15.3. The Hall–Kier alpha value is -0.0400. The van der Waals surface area contributed by atoms with Crippen molar-refractivity contribution in [2.75, 3.05) is 6.54 Å². The SMILES string of the molecule is CC(C)(C)CC1N(C(C)(C)C)CCC12CC2. The Balaban J connectivity index is 2.15. The van der Waals surface area contributed by atoms with E-state index < -0.39 is 0 Å². The molecule has 1 nitrogen and oxygen atoms in total. The van der Waals surface area contributed by atoms with E-state index in [1.165, 1.54) is 32.2 Å². The van der Waals surface area contributed by atoms with E-state index in [9.17, 15) is 0 Å². The predicted octanol–water partition coefficient (Wildman–Crippen LogP) is 4.08. The second-order valence-electron chi connectivity index (χ2n) is 8.26. The van der Waals surface area contributed by atoms with Crippen LogP contribution in [0.2, 0.25) is 0 Å². The molecular formula is C15H29N. The summed E-state index contributed by atoms with van der Waals surface area (Å²) in [6, 6.07) is 0.840. The zero-order chi connectivity index (χ0) is 12.2. The summed E-state index contributed by atoms with van der Waals surface area (Å²) in [5.41, 5.74) is 1.54. The first-order chi connectivity index (χ1) is 7.14. The minimum absolute atomic E-state index is 0.349. The molecule has 0 amide bonds. The summed E-state index contributed by atoms with van der Waals surface area (Å²) >= 11 is 0. The van der Waals surface area contributed by atoms with Gasteiger partial charge in [0, 0.05) is 11.6 Å². The fraction of sp³-hybridized carbons (Fsp3) is 1.00. The van der Waals surface area contributed by atoms with Gasteiger partial charge < -0.3 is 0 Å². The highest BCUT2D eigenvalue weighted by molar-refractivity contribution is 5.10. The summed E-state index contributed by atoms with van der Waals surface area (Å²) in [6.07, 6.45) is 5.79. The quantitative estimate of drug-likeness (QED) is 0.647. The normalized spacial score (nSPS) is 30.0. The summed E-state index contributed by atoms with van der Waals surface area (Å²) in [5.74, 6) is 0. The Labute approximate surface area is 102 Å². The van der Waals surface area contributed by atoms with Crippen molar-refractivity contribution in [2.45, 2.75) is 78.8 Å². The van der Waals surface area contributed by atoms with Crippen molar-refractivity contribution >= 4 is 0 Å². The average molecular weight is 223 g/mol. The van der Waals surface area contributed by atoms with Gasteiger partial charge in [-0.2, -0.15) is 0 Å². The maximum atomic E-state index is 2.78. The van der Waals surface area contributed by atoms with E-state index in [1.807, 2.05) is 0 Å². The van der Waals surface area contributed by atoms with Gasteiger partial charge in [-0.1, -0.05) is 20.8 Å². The van der Waals surface area contributed by atoms with Crippen molar-refractivity contribution in [3.05, 3.63) is 0 Å². The van der Waals surface area contributed by atoms with E-state index in [4.69, 9.17) is 0 Å². The van der Waals surface area contributed by atoms with Gasteiger partial charge >= 0.3 is 0 Å². The van der Waals surface area contributed by atoms with E-state index in [0.29, 0.717) is 11.0 Å². The van der Waals surface area contributed by atoms with E-state index in [2.05, 4.69) is 46.4 Å². The Bertz CT molecular complexity index is 262. The van der Waals surface area contributed by atoms with E-state index in [0.717, 1.165) is 11.5 Å². The lowest BCUT2D eigenvalue weighted by atomic mass is 9.81. The van der Waals surface area contributed by atoms with E-state index in [-0.39, 0.29) is 0 Å². The van der Waals surface area contributed by atoms with Crippen LogP contribution in [0.3, 0.4) is 0 Å². The molecule has 1 heterocycles. The molecule has 1 unspecified atom stereocenters. The van der Waals surface area contributed by atoms with Crippen LogP contribution in [0.4, 0.5) is 0 Å². The van der Waals surface area contributed by atoms with E-state index >= 15 is 0 Å². The fourth-order valence-electron chi connectivity index (χ4n) is 3.45. The van der Waals surface area contributed by atoms with Crippen LogP contribution in [0.5, 0.6) is 0 Å². The van der Waals surface area contributed by atoms with Crippen LogP contribution in [0.25, 0.3) is 0 Å². The van der Waals surface area contributed by atoms with Gasteiger partial charge in [-0.3, -0.25) is 4.90 Å². The molecule has 1 saturated carbocycles. The lowest BCUT2D eigenvalue weighted by molar-refractivity contribution is 0.0741. The van der Waals surface area contributed by atoms with Crippen LogP contribution >= 0.6 is 0 Å². The molecule has 94 valence electrons. The third-order valence-corrected chi connectivity index (χ3v) is 4.49. The number of hydrogen-bond acceptors (Lipinski definition) is 1. The minimum Gasteiger partial charge on any atom is -0.295 e. The largest absolute Gasteiger partial charge is 0.295 e. The first-order valence-corrected chi connectivity index (χ1v) is 6.91. The third kappa shape index (κ3) is 2.30. The number of likely N-dealkylation sites (tertiary alicyclic amines) is 1. The van der Waals surface area contributed by atoms with Crippen molar-refractivity contribution in [3.8, 4) is 0 Å². The van der Waals surface area contributed by atoms with Gasteiger partial charge in [0.15, 0.2) is 0 Å². The molecule has 1 spiro atoms. The standard InChI is InChI=1S/C15H29N/c1-13(2,3)11-12-15(7-8-15)9-10-16(12)14(4,5)6/h12H,7-11H2,1-6H3. The number of rotatable bonds is 1. The van der Waals surface area contributed by atoms with Crippen molar-refractivity contribution in [1.82, 2.24) is 4.90 Å².